The van der Waals surface area contributed by atoms with E-state index in [9.17, 15) is 0 Å². The summed E-state index contributed by atoms with van der Waals surface area (Å²) < 4.78 is 19.3. The maximum atomic E-state index is 6.69. The van der Waals surface area contributed by atoms with E-state index in [2.05, 4.69) is 34.6 Å². The maximum absolute atomic E-state index is 6.69. The van der Waals surface area contributed by atoms with Gasteiger partial charge in [0.2, 0.25) is 0 Å². The summed E-state index contributed by atoms with van der Waals surface area (Å²) in [6, 6.07) is 0. The Morgan fingerprint density at radius 3 is 2.36 bits per heavy atom. The molecule has 4 rings (SSSR count). The lowest BCUT2D eigenvalue weighted by molar-refractivity contribution is -0.425. The highest BCUT2D eigenvalue weighted by atomic mass is 31.1. The van der Waals surface area contributed by atoms with E-state index in [0.29, 0.717) is 29.4 Å². The minimum atomic E-state index is -0.393. The van der Waals surface area contributed by atoms with Gasteiger partial charge in [-0.15, -0.1) is 0 Å². The molecule has 4 saturated heterocycles. The van der Waals surface area contributed by atoms with E-state index in [0.717, 1.165) is 18.8 Å². The summed E-state index contributed by atoms with van der Waals surface area (Å²) in [4.78, 5) is 0. The molecule has 0 aromatic carbocycles. The summed E-state index contributed by atoms with van der Waals surface area (Å²) in [5.74, 6) is 2.78. The normalized spacial score (nSPS) is 36.5. The molecule has 0 aromatic rings. The van der Waals surface area contributed by atoms with Crippen LogP contribution in [0.4, 0.5) is 0 Å². The van der Waals surface area contributed by atoms with Crippen LogP contribution in [0, 0.1) is 23.7 Å². The molecule has 4 heterocycles. The van der Waals surface area contributed by atoms with Crippen molar-refractivity contribution < 1.29 is 14.2 Å². The maximum Gasteiger partial charge on any atom is 0.178 e. The fourth-order valence-electron chi connectivity index (χ4n) is 6.11. The van der Waals surface area contributed by atoms with Crippen LogP contribution in [0.15, 0.2) is 0 Å². The summed E-state index contributed by atoms with van der Waals surface area (Å²) in [5.41, 5.74) is 0. The standard InChI is InChI=1S/C24H44O3P/c1-6-8-9-10-11-13-18(4)23(19(5)14-17(3)12-7-2)24-16-22-25-20(26-24)15-21(27-24)28-22/h17-23H,6-16H2,1-5H3. The Bertz CT molecular complexity index is 433. The van der Waals surface area contributed by atoms with Crippen LogP contribution in [0.2, 0.25) is 0 Å². The van der Waals surface area contributed by atoms with Crippen molar-refractivity contribution in [1.82, 2.24) is 0 Å². The Kier molecular flexibility index (Phi) is 8.67. The van der Waals surface area contributed by atoms with Crippen LogP contribution in [0.3, 0.4) is 0 Å². The zero-order valence-electron chi connectivity index (χ0n) is 19.0. The van der Waals surface area contributed by atoms with Gasteiger partial charge in [-0.05, 0) is 32.8 Å². The zero-order chi connectivity index (χ0) is 20.1. The Balaban J connectivity index is 1.69. The molecule has 0 saturated carbocycles. The van der Waals surface area contributed by atoms with Gasteiger partial charge in [0.15, 0.2) is 12.1 Å². The molecule has 4 fully saturated rings. The molecule has 0 aliphatic carbocycles. The van der Waals surface area contributed by atoms with Gasteiger partial charge in [-0.1, -0.05) is 86.0 Å². The third kappa shape index (κ3) is 5.51. The van der Waals surface area contributed by atoms with E-state index < -0.39 is 5.79 Å². The van der Waals surface area contributed by atoms with E-state index >= 15 is 0 Å². The van der Waals surface area contributed by atoms with Crippen molar-refractivity contribution in [3.8, 4) is 0 Å². The Labute approximate surface area is 175 Å². The molecule has 4 bridgehead atoms. The monoisotopic (exact) mass is 411 g/mol. The second kappa shape index (κ2) is 10.6. The van der Waals surface area contributed by atoms with E-state index in [-0.39, 0.29) is 6.29 Å². The fraction of sp³-hybridized carbons (Fsp3) is 1.00. The van der Waals surface area contributed by atoms with Crippen molar-refractivity contribution in [1.29, 1.82) is 0 Å². The highest BCUT2D eigenvalue weighted by Gasteiger charge is 2.59. The fourth-order valence-corrected chi connectivity index (χ4v) is 7.58. The molecule has 163 valence electrons. The smallest absolute Gasteiger partial charge is 0.178 e. The second-order valence-corrected chi connectivity index (χ2v) is 11.4. The molecule has 3 nitrogen and oxygen atoms in total. The number of ether oxygens (including phenoxy) is 3. The van der Waals surface area contributed by atoms with E-state index in [1.54, 1.807) is 0 Å². The van der Waals surface area contributed by atoms with E-state index in [1.165, 1.54) is 66.4 Å². The number of rotatable bonds is 13. The van der Waals surface area contributed by atoms with Crippen molar-refractivity contribution >= 4 is 8.58 Å². The molecule has 0 N–H and O–H groups in total. The van der Waals surface area contributed by atoms with Crippen LogP contribution in [0.5, 0.6) is 0 Å². The van der Waals surface area contributed by atoms with Crippen molar-refractivity contribution in [3.63, 3.8) is 0 Å². The summed E-state index contributed by atoms with van der Waals surface area (Å²) in [6.07, 6.45) is 13.8. The van der Waals surface area contributed by atoms with Gasteiger partial charge in [0, 0.05) is 18.8 Å². The van der Waals surface area contributed by atoms with Crippen LogP contribution in [0.1, 0.15) is 105 Å². The van der Waals surface area contributed by atoms with Crippen molar-refractivity contribution in [2.75, 3.05) is 0 Å². The lowest BCUT2D eigenvalue weighted by atomic mass is 9.70. The van der Waals surface area contributed by atoms with Gasteiger partial charge in [-0.25, -0.2) is 0 Å². The van der Waals surface area contributed by atoms with Gasteiger partial charge in [0.1, 0.15) is 0 Å². The SMILES string of the molecule is CCCCCCCC(C)C(C(C)CC(C)CCC)C12CC3OC(CC(O1)[P]3)O2. The molecule has 4 heteroatoms. The molecule has 0 amide bonds. The predicted molar refractivity (Wildman–Crippen MR) is 117 cm³/mol. The van der Waals surface area contributed by atoms with Crippen LogP contribution < -0.4 is 0 Å². The van der Waals surface area contributed by atoms with Gasteiger partial charge in [-0.3, -0.25) is 0 Å². The van der Waals surface area contributed by atoms with E-state index in [4.69, 9.17) is 14.2 Å². The van der Waals surface area contributed by atoms with Gasteiger partial charge >= 0.3 is 0 Å². The largest absolute Gasteiger partial charge is 0.344 e. The average Bonchev–Trinajstić information content (AvgIpc) is 2.60. The first-order valence-corrected chi connectivity index (χ1v) is 13.2. The molecule has 8 atom stereocenters. The minimum Gasteiger partial charge on any atom is -0.344 e. The summed E-state index contributed by atoms with van der Waals surface area (Å²) in [5, 5.41) is 0. The van der Waals surface area contributed by atoms with Crippen LogP contribution in [-0.2, 0) is 14.2 Å². The minimum absolute atomic E-state index is 0.0294. The van der Waals surface area contributed by atoms with Crippen LogP contribution >= 0.6 is 8.58 Å². The first kappa shape index (κ1) is 23.0. The number of hydrogen-bond acceptors (Lipinski definition) is 3. The highest BCUT2D eigenvalue weighted by Crippen LogP contribution is 2.58. The van der Waals surface area contributed by atoms with E-state index in [1.807, 2.05) is 0 Å². The van der Waals surface area contributed by atoms with Gasteiger partial charge < -0.3 is 14.2 Å². The molecule has 0 spiro atoms. The highest BCUT2D eigenvalue weighted by molar-refractivity contribution is 7.39. The summed E-state index contributed by atoms with van der Waals surface area (Å²) >= 11 is 0. The third-order valence-corrected chi connectivity index (χ3v) is 8.50. The first-order valence-electron chi connectivity index (χ1n) is 12.2. The Hall–Kier alpha value is 0.310. The van der Waals surface area contributed by atoms with Gasteiger partial charge in [0.05, 0.1) is 11.7 Å². The number of hydrogen-bond donors (Lipinski definition) is 0. The molecule has 8 unspecified atom stereocenters. The predicted octanol–water partition coefficient (Wildman–Crippen LogP) is 7.55. The second-order valence-electron chi connectivity index (χ2n) is 9.92. The summed E-state index contributed by atoms with van der Waals surface area (Å²) in [6.45, 7) is 12.0. The Morgan fingerprint density at radius 1 is 0.893 bits per heavy atom. The van der Waals surface area contributed by atoms with Crippen LogP contribution in [-0.4, -0.2) is 23.8 Å². The quantitative estimate of drug-likeness (QED) is 0.231. The van der Waals surface area contributed by atoms with Crippen molar-refractivity contribution in [2.45, 2.75) is 129 Å². The van der Waals surface area contributed by atoms with Crippen LogP contribution in [0.25, 0.3) is 0 Å². The lowest BCUT2D eigenvalue weighted by Crippen LogP contribution is -2.64. The van der Waals surface area contributed by atoms with Crippen molar-refractivity contribution in [2.24, 2.45) is 23.7 Å². The third-order valence-electron chi connectivity index (χ3n) is 7.21. The summed E-state index contributed by atoms with van der Waals surface area (Å²) in [7, 11) is 1.34. The molecule has 28 heavy (non-hydrogen) atoms. The average molecular weight is 412 g/mol. The molecule has 1 radical (unpaired) electrons. The zero-order valence-corrected chi connectivity index (χ0v) is 19.9. The first-order chi connectivity index (χ1) is 13.5. The van der Waals surface area contributed by atoms with Crippen molar-refractivity contribution in [3.05, 3.63) is 0 Å². The van der Waals surface area contributed by atoms with Gasteiger partial charge in [0.25, 0.3) is 0 Å². The van der Waals surface area contributed by atoms with Gasteiger partial charge in [-0.2, -0.15) is 0 Å². The molecular formula is C24H44O3P. The molecule has 0 aromatic heterocycles. The molecular weight excluding hydrogens is 367 g/mol. The number of unbranched alkanes of at least 4 members (excludes halogenated alkanes) is 4. The Morgan fingerprint density at radius 2 is 1.68 bits per heavy atom. The lowest BCUT2D eigenvalue weighted by Gasteiger charge is -2.59. The molecule has 4 aliphatic rings. The topological polar surface area (TPSA) is 27.7 Å². The molecule has 4 aliphatic heterocycles.